The fraction of sp³-hybridized carbons (Fsp3) is 0.364. The standard InChI is InChI=1S/C11H15BrN2O/c1-7-5-10(12)4-3-9(7)6-14-11(15)8(2)13/h3-5,8H,6,13H2,1-2H3,(H,14,15)/t8-/m0/s1. The van der Waals surface area contributed by atoms with E-state index in [1.165, 1.54) is 0 Å². The van der Waals surface area contributed by atoms with Gasteiger partial charge in [-0.2, -0.15) is 0 Å². The molecule has 0 aromatic heterocycles. The van der Waals surface area contributed by atoms with Gasteiger partial charge in [0.2, 0.25) is 5.91 Å². The van der Waals surface area contributed by atoms with Crippen molar-refractivity contribution in [2.24, 2.45) is 5.73 Å². The zero-order valence-corrected chi connectivity index (χ0v) is 10.5. The van der Waals surface area contributed by atoms with Gasteiger partial charge in [-0.05, 0) is 37.1 Å². The van der Waals surface area contributed by atoms with Crippen LogP contribution in [-0.2, 0) is 11.3 Å². The van der Waals surface area contributed by atoms with Gasteiger partial charge in [0.1, 0.15) is 0 Å². The summed E-state index contributed by atoms with van der Waals surface area (Å²) < 4.78 is 1.04. The van der Waals surface area contributed by atoms with Crippen LogP contribution < -0.4 is 11.1 Å². The summed E-state index contributed by atoms with van der Waals surface area (Å²) in [4.78, 5) is 11.2. The zero-order chi connectivity index (χ0) is 11.4. The maximum absolute atomic E-state index is 11.2. The first kappa shape index (κ1) is 12.2. The van der Waals surface area contributed by atoms with Crippen LogP contribution in [0.15, 0.2) is 22.7 Å². The van der Waals surface area contributed by atoms with Crippen LogP contribution in [-0.4, -0.2) is 11.9 Å². The third-order valence-corrected chi connectivity index (χ3v) is 2.66. The number of halogens is 1. The number of amides is 1. The molecule has 1 atom stereocenters. The van der Waals surface area contributed by atoms with E-state index >= 15 is 0 Å². The van der Waals surface area contributed by atoms with Crippen molar-refractivity contribution in [1.82, 2.24) is 5.32 Å². The molecule has 0 aliphatic heterocycles. The Hall–Kier alpha value is -0.870. The number of hydrogen-bond acceptors (Lipinski definition) is 2. The fourth-order valence-electron chi connectivity index (χ4n) is 1.20. The van der Waals surface area contributed by atoms with Gasteiger partial charge >= 0.3 is 0 Å². The second-order valence-electron chi connectivity index (χ2n) is 3.58. The monoisotopic (exact) mass is 270 g/mol. The van der Waals surface area contributed by atoms with Crippen LogP contribution >= 0.6 is 15.9 Å². The van der Waals surface area contributed by atoms with Gasteiger partial charge in [0.15, 0.2) is 0 Å². The van der Waals surface area contributed by atoms with E-state index in [4.69, 9.17) is 5.73 Å². The molecule has 1 amide bonds. The Morgan fingerprint density at radius 3 is 2.80 bits per heavy atom. The average Bonchev–Trinajstić information content (AvgIpc) is 2.15. The first-order valence-corrected chi connectivity index (χ1v) is 5.58. The van der Waals surface area contributed by atoms with Crippen LogP contribution in [0.2, 0.25) is 0 Å². The van der Waals surface area contributed by atoms with Crippen molar-refractivity contribution in [1.29, 1.82) is 0 Å². The maximum atomic E-state index is 11.2. The Morgan fingerprint density at radius 2 is 2.27 bits per heavy atom. The highest BCUT2D eigenvalue weighted by Crippen LogP contribution is 2.15. The number of rotatable bonds is 3. The van der Waals surface area contributed by atoms with Gasteiger partial charge in [-0.25, -0.2) is 0 Å². The quantitative estimate of drug-likeness (QED) is 0.879. The molecule has 0 saturated heterocycles. The molecule has 15 heavy (non-hydrogen) atoms. The summed E-state index contributed by atoms with van der Waals surface area (Å²) in [5.74, 6) is -0.127. The highest BCUT2D eigenvalue weighted by molar-refractivity contribution is 9.10. The van der Waals surface area contributed by atoms with E-state index in [0.717, 1.165) is 15.6 Å². The van der Waals surface area contributed by atoms with E-state index in [9.17, 15) is 4.79 Å². The van der Waals surface area contributed by atoms with Crippen LogP contribution in [0, 0.1) is 6.92 Å². The number of hydrogen-bond donors (Lipinski definition) is 2. The number of nitrogens with one attached hydrogen (secondary N) is 1. The minimum absolute atomic E-state index is 0.127. The third kappa shape index (κ3) is 3.64. The minimum Gasteiger partial charge on any atom is -0.351 e. The highest BCUT2D eigenvalue weighted by atomic mass is 79.9. The van der Waals surface area contributed by atoms with E-state index in [0.29, 0.717) is 6.54 Å². The second kappa shape index (κ2) is 5.28. The van der Waals surface area contributed by atoms with Crippen molar-refractivity contribution in [3.8, 4) is 0 Å². The SMILES string of the molecule is Cc1cc(Br)ccc1CNC(=O)[C@H](C)N. The molecule has 0 unspecified atom stereocenters. The summed E-state index contributed by atoms with van der Waals surface area (Å²) in [6.07, 6.45) is 0. The van der Waals surface area contributed by atoms with Gasteiger partial charge in [0.05, 0.1) is 6.04 Å². The van der Waals surface area contributed by atoms with Crippen LogP contribution in [0.25, 0.3) is 0 Å². The number of aryl methyl sites for hydroxylation is 1. The first-order chi connectivity index (χ1) is 7.00. The lowest BCUT2D eigenvalue weighted by Crippen LogP contribution is -2.37. The molecule has 82 valence electrons. The zero-order valence-electron chi connectivity index (χ0n) is 8.88. The Bertz CT molecular complexity index is 364. The van der Waals surface area contributed by atoms with Crippen molar-refractivity contribution in [2.45, 2.75) is 26.4 Å². The normalized spacial score (nSPS) is 12.3. The molecule has 0 fully saturated rings. The number of carbonyl (C=O) groups excluding carboxylic acids is 1. The molecule has 3 N–H and O–H groups in total. The van der Waals surface area contributed by atoms with Crippen molar-refractivity contribution in [3.05, 3.63) is 33.8 Å². The predicted molar refractivity (Wildman–Crippen MR) is 64.4 cm³/mol. The lowest BCUT2D eigenvalue weighted by Gasteiger charge is -2.10. The van der Waals surface area contributed by atoms with E-state index in [1.54, 1.807) is 6.92 Å². The predicted octanol–water partition coefficient (Wildman–Crippen LogP) is 1.72. The highest BCUT2D eigenvalue weighted by Gasteiger charge is 2.07. The summed E-state index contributed by atoms with van der Waals surface area (Å²) in [5.41, 5.74) is 7.69. The number of benzene rings is 1. The van der Waals surface area contributed by atoms with Gasteiger partial charge in [-0.3, -0.25) is 4.79 Å². The van der Waals surface area contributed by atoms with Gasteiger partial charge < -0.3 is 11.1 Å². The van der Waals surface area contributed by atoms with Gasteiger partial charge in [0.25, 0.3) is 0 Å². The molecular weight excluding hydrogens is 256 g/mol. The van der Waals surface area contributed by atoms with Crippen LogP contribution in [0.3, 0.4) is 0 Å². The molecule has 4 heteroatoms. The molecule has 0 saturated carbocycles. The molecule has 0 bridgehead atoms. The average molecular weight is 271 g/mol. The van der Waals surface area contributed by atoms with Crippen LogP contribution in [0.1, 0.15) is 18.1 Å². The smallest absolute Gasteiger partial charge is 0.236 e. The molecule has 0 radical (unpaired) electrons. The Balaban J connectivity index is 2.62. The number of nitrogens with two attached hydrogens (primary N) is 1. The van der Waals surface area contributed by atoms with E-state index in [2.05, 4.69) is 21.2 Å². The summed E-state index contributed by atoms with van der Waals surface area (Å²) in [6, 6.07) is 5.51. The molecule has 0 aliphatic carbocycles. The lowest BCUT2D eigenvalue weighted by molar-refractivity contribution is -0.122. The van der Waals surface area contributed by atoms with Crippen LogP contribution in [0.4, 0.5) is 0 Å². The van der Waals surface area contributed by atoms with E-state index in [1.807, 2.05) is 25.1 Å². The largest absolute Gasteiger partial charge is 0.351 e. The summed E-state index contributed by atoms with van der Waals surface area (Å²) in [7, 11) is 0. The Labute approximate surface area is 98.2 Å². The molecule has 1 aromatic rings. The van der Waals surface area contributed by atoms with Crippen molar-refractivity contribution >= 4 is 21.8 Å². The molecule has 1 rings (SSSR count). The first-order valence-electron chi connectivity index (χ1n) is 4.79. The number of carbonyl (C=O) groups is 1. The minimum atomic E-state index is -0.458. The van der Waals surface area contributed by atoms with Crippen molar-refractivity contribution in [2.75, 3.05) is 0 Å². The van der Waals surface area contributed by atoms with Gasteiger partial charge in [-0.1, -0.05) is 22.0 Å². The third-order valence-electron chi connectivity index (χ3n) is 2.17. The molecular formula is C11H15BrN2O. The van der Waals surface area contributed by atoms with Crippen molar-refractivity contribution < 1.29 is 4.79 Å². The molecule has 0 aliphatic rings. The molecule has 1 aromatic carbocycles. The molecule has 0 spiro atoms. The van der Waals surface area contributed by atoms with Gasteiger partial charge in [0, 0.05) is 11.0 Å². The van der Waals surface area contributed by atoms with E-state index < -0.39 is 6.04 Å². The summed E-state index contributed by atoms with van der Waals surface area (Å²) >= 11 is 3.39. The van der Waals surface area contributed by atoms with Crippen molar-refractivity contribution in [3.63, 3.8) is 0 Å². The Morgan fingerprint density at radius 1 is 1.60 bits per heavy atom. The Kier molecular flexibility index (Phi) is 4.29. The molecule has 0 heterocycles. The second-order valence-corrected chi connectivity index (χ2v) is 4.49. The van der Waals surface area contributed by atoms with Crippen LogP contribution in [0.5, 0.6) is 0 Å². The summed E-state index contributed by atoms with van der Waals surface area (Å²) in [5, 5.41) is 2.78. The fourth-order valence-corrected chi connectivity index (χ4v) is 1.68. The van der Waals surface area contributed by atoms with Gasteiger partial charge in [-0.15, -0.1) is 0 Å². The lowest BCUT2D eigenvalue weighted by atomic mass is 10.1. The topological polar surface area (TPSA) is 55.1 Å². The van der Waals surface area contributed by atoms with E-state index in [-0.39, 0.29) is 5.91 Å². The molecule has 3 nitrogen and oxygen atoms in total. The summed E-state index contributed by atoms with van der Waals surface area (Å²) in [6.45, 7) is 4.21. The maximum Gasteiger partial charge on any atom is 0.236 e.